The van der Waals surface area contributed by atoms with Crippen LogP contribution in [0.1, 0.15) is 22.4 Å². The van der Waals surface area contributed by atoms with E-state index in [0.29, 0.717) is 41.7 Å². The third kappa shape index (κ3) is 2.55. The first kappa shape index (κ1) is 18.2. The quantitative estimate of drug-likeness (QED) is 0.651. The van der Waals surface area contributed by atoms with Gasteiger partial charge in [-0.3, -0.25) is 9.78 Å². The molecule has 1 amide bonds. The van der Waals surface area contributed by atoms with Gasteiger partial charge in [0.25, 0.3) is 0 Å². The van der Waals surface area contributed by atoms with Gasteiger partial charge in [0, 0.05) is 23.5 Å². The molecule has 0 bridgehead atoms. The summed E-state index contributed by atoms with van der Waals surface area (Å²) in [6, 6.07) is 14.7. The molecule has 6 rings (SSSR count). The summed E-state index contributed by atoms with van der Waals surface area (Å²) in [5, 5.41) is 0. The van der Waals surface area contributed by atoms with E-state index in [9.17, 15) is 9.18 Å². The van der Waals surface area contributed by atoms with Crippen LogP contribution in [0.2, 0.25) is 0 Å². The van der Waals surface area contributed by atoms with Crippen molar-refractivity contribution >= 4 is 11.6 Å². The number of para-hydroxylation sites is 1. The molecule has 1 aromatic heterocycles. The summed E-state index contributed by atoms with van der Waals surface area (Å²) >= 11 is 0. The molecule has 0 N–H and O–H groups in total. The van der Waals surface area contributed by atoms with E-state index in [2.05, 4.69) is 4.98 Å². The first-order chi connectivity index (χ1) is 15.2. The molecule has 1 unspecified atom stereocenters. The van der Waals surface area contributed by atoms with E-state index in [4.69, 9.17) is 14.2 Å². The monoisotopic (exact) mass is 418 g/mol. The van der Waals surface area contributed by atoms with Gasteiger partial charge < -0.3 is 19.1 Å². The van der Waals surface area contributed by atoms with Gasteiger partial charge in [-0.2, -0.15) is 0 Å². The second kappa shape index (κ2) is 6.70. The number of benzene rings is 2. The molecule has 1 spiro atoms. The fourth-order valence-electron chi connectivity index (χ4n) is 4.73. The van der Waals surface area contributed by atoms with E-state index in [1.165, 1.54) is 0 Å². The Labute approximate surface area is 178 Å². The van der Waals surface area contributed by atoms with E-state index < -0.39 is 12.1 Å². The topological polar surface area (TPSA) is 60.9 Å². The van der Waals surface area contributed by atoms with Crippen molar-refractivity contribution < 1.29 is 23.4 Å². The molecule has 3 aromatic rings. The third-order valence-corrected chi connectivity index (χ3v) is 6.17. The Morgan fingerprint density at radius 3 is 2.61 bits per heavy atom. The molecule has 31 heavy (non-hydrogen) atoms. The summed E-state index contributed by atoms with van der Waals surface area (Å²) in [5.41, 5.74) is 2.69. The van der Waals surface area contributed by atoms with Crippen LogP contribution < -0.4 is 19.1 Å². The second-order valence-electron chi connectivity index (χ2n) is 7.88. The number of halogens is 1. The number of hydrogen-bond acceptors (Lipinski definition) is 5. The number of rotatable bonds is 3. The molecular formula is C24H19FN2O4. The summed E-state index contributed by atoms with van der Waals surface area (Å²) in [6.45, 7) is 0.837. The molecule has 3 aliphatic heterocycles. The number of anilines is 1. The molecule has 4 heterocycles. The van der Waals surface area contributed by atoms with Crippen molar-refractivity contribution in [3.05, 3.63) is 77.1 Å². The summed E-state index contributed by atoms with van der Waals surface area (Å²) < 4.78 is 30.6. The lowest BCUT2D eigenvalue weighted by atomic mass is 9.77. The standard InChI is InChI=1S/C24H19FN2O4/c25-12-15-5-6-26-16(9-15)13-27-19-4-2-1-3-17(19)24(23(27)28)14-31-20-11-22-21(10-18(20)24)29-7-8-30-22/h1-6,9-11H,7-8,12-14H2. The van der Waals surface area contributed by atoms with Gasteiger partial charge in [-0.05, 0) is 35.4 Å². The highest BCUT2D eigenvalue weighted by molar-refractivity contribution is 6.11. The van der Waals surface area contributed by atoms with Gasteiger partial charge >= 0.3 is 0 Å². The summed E-state index contributed by atoms with van der Waals surface area (Å²) in [6.07, 6.45) is 1.57. The number of carbonyl (C=O) groups is 1. The van der Waals surface area contributed by atoms with E-state index in [-0.39, 0.29) is 19.1 Å². The molecule has 0 aliphatic carbocycles. The Morgan fingerprint density at radius 2 is 1.77 bits per heavy atom. The number of pyridine rings is 1. The Kier molecular flexibility index (Phi) is 3.93. The SMILES string of the molecule is O=C1N(Cc2cc(CF)ccn2)c2ccccc2C12COc1cc3c(cc12)OCCO3. The summed E-state index contributed by atoms with van der Waals surface area (Å²) in [5.74, 6) is 1.80. The van der Waals surface area contributed by atoms with Crippen molar-refractivity contribution in [2.45, 2.75) is 18.6 Å². The predicted octanol–water partition coefficient (Wildman–Crippen LogP) is 3.55. The average Bonchev–Trinajstić information content (AvgIpc) is 3.30. The third-order valence-electron chi connectivity index (χ3n) is 6.17. The van der Waals surface area contributed by atoms with Crippen LogP contribution in [0.25, 0.3) is 0 Å². The maximum Gasteiger partial charge on any atom is 0.246 e. The van der Waals surface area contributed by atoms with Gasteiger partial charge in [0.15, 0.2) is 11.5 Å². The Hall–Kier alpha value is -3.61. The number of nitrogens with zero attached hydrogens (tertiary/aromatic N) is 2. The Bertz CT molecular complexity index is 1210. The van der Waals surface area contributed by atoms with Gasteiger partial charge in [-0.1, -0.05) is 18.2 Å². The highest BCUT2D eigenvalue weighted by Gasteiger charge is 2.57. The first-order valence-electron chi connectivity index (χ1n) is 10.2. The fourth-order valence-corrected chi connectivity index (χ4v) is 4.73. The number of amides is 1. The Balaban J connectivity index is 1.47. The average molecular weight is 418 g/mol. The number of alkyl halides is 1. The van der Waals surface area contributed by atoms with E-state index in [1.54, 1.807) is 23.2 Å². The maximum atomic E-state index is 13.9. The first-order valence-corrected chi connectivity index (χ1v) is 10.2. The summed E-state index contributed by atoms with van der Waals surface area (Å²) in [4.78, 5) is 20.0. The Morgan fingerprint density at radius 1 is 0.968 bits per heavy atom. The molecule has 6 nitrogen and oxygen atoms in total. The zero-order valence-corrected chi connectivity index (χ0v) is 16.6. The van der Waals surface area contributed by atoms with Crippen LogP contribution in [0.3, 0.4) is 0 Å². The molecule has 0 fully saturated rings. The van der Waals surface area contributed by atoms with Gasteiger partial charge in [-0.25, -0.2) is 4.39 Å². The van der Waals surface area contributed by atoms with Crippen molar-refractivity contribution in [2.75, 3.05) is 24.7 Å². The van der Waals surface area contributed by atoms with Gasteiger partial charge in [0.2, 0.25) is 5.91 Å². The minimum absolute atomic E-state index is 0.0865. The largest absolute Gasteiger partial charge is 0.491 e. The number of hydrogen-bond donors (Lipinski definition) is 0. The maximum absolute atomic E-state index is 13.9. The van der Waals surface area contributed by atoms with Crippen molar-refractivity contribution in [2.24, 2.45) is 0 Å². The molecule has 0 saturated carbocycles. The lowest BCUT2D eigenvalue weighted by Crippen LogP contribution is -2.42. The molecule has 2 aromatic carbocycles. The zero-order chi connectivity index (χ0) is 21.0. The van der Waals surface area contributed by atoms with Crippen LogP contribution in [0, 0.1) is 0 Å². The normalized spacial score (nSPS) is 20.5. The minimum atomic E-state index is -0.959. The number of aromatic nitrogens is 1. The van der Waals surface area contributed by atoms with Crippen LogP contribution in [-0.2, 0) is 23.4 Å². The number of fused-ring (bicyclic) bond motifs is 5. The van der Waals surface area contributed by atoms with Crippen molar-refractivity contribution in [1.29, 1.82) is 0 Å². The highest BCUT2D eigenvalue weighted by atomic mass is 19.1. The molecule has 156 valence electrons. The zero-order valence-electron chi connectivity index (χ0n) is 16.6. The van der Waals surface area contributed by atoms with E-state index >= 15 is 0 Å². The van der Waals surface area contributed by atoms with Crippen molar-refractivity contribution in [3.63, 3.8) is 0 Å². The molecule has 3 aliphatic rings. The predicted molar refractivity (Wildman–Crippen MR) is 110 cm³/mol. The second-order valence-corrected chi connectivity index (χ2v) is 7.88. The smallest absolute Gasteiger partial charge is 0.246 e. The molecular weight excluding hydrogens is 399 g/mol. The highest BCUT2D eigenvalue weighted by Crippen LogP contribution is 2.54. The van der Waals surface area contributed by atoms with Gasteiger partial charge in [0.1, 0.15) is 37.7 Å². The van der Waals surface area contributed by atoms with E-state index in [1.807, 2.05) is 36.4 Å². The van der Waals surface area contributed by atoms with Gasteiger partial charge in [-0.15, -0.1) is 0 Å². The summed E-state index contributed by atoms with van der Waals surface area (Å²) in [7, 11) is 0. The van der Waals surface area contributed by atoms with Crippen molar-refractivity contribution in [1.82, 2.24) is 4.98 Å². The van der Waals surface area contributed by atoms with Crippen molar-refractivity contribution in [3.8, 4) is 17.2 Å². The number of carbonyl (C=O) groups excluding carboxylic acids is 1. The van der Waals surface area contributed by atoms with Crippen LogP contribution in [-0.4, -0.2) is 30.7 Å². The molecule has 0 radical (unpaired) electrons. The number of ether oxygens (including phenoxy) is 3. The van der Waals surface area contributed by atoms with Crippen LogP contribution in [0.5, 0.6) is 17.2 Å². The molecule has 1 atom stereocenters. The fraction of sp³-hybridized carbons (Fsp3) is 0.250. The van der Waals surface area contributed by atoms with E-state index in [0.717, 1.165) is 16.8 Å². The van der Waals surface area contributed by atoms with Crippen LogP contribution in [0.4, 0.5) is 10.1 Å². The lowest BCUT2D eigenvalue weighted by molar-refractivity contribution is -0.122. The molecule has 7 heteroatoms. The van der Waals surface area contributed by atoms with Gasteiger partial charge in [0.05, 0.1) is 12.2 Å². The lowest BCUT2D eigenvalue weighted by Gasteiger charge is -2.24. The van der Waals surface area contributed by atoms with Crippen LogP contribution >= 0.6 is 0 Å². The van der Waals surface area contributed by atoms with Crippen LogP contribution in [0.15, 0.2) is 54.7 Å². The molecule has 0 saturated heterocycles. The minimum Gasteiger partial charge on any atom is -0.491 e.